The largest absolute Gasteiger partial charge is 0.611 e. The van der Waals surface area contributed by atoms with E-state index in [0.29, 0.717) is 53.6 Å². The maximum Gasteiger partial charge on any atom is 0.279 e. The summed E-state index contributed by atoms with van der Waals surface area (Å²) in [6.45, 7) is 2.89. The van der Waals surface area contributed by atoms with E-state index in [9.17, 15) is 18.7 Å². The number of nitrogens with one attached hydrogen (secondary N) is 2. The van der Waals surface area contributed by atoms with Gasteiger partial charge in [-0.15, -0.1) is 58.8 Å². The van der Waals surface area contributed by atoms with Gasteiger partial charge in [-0.3, -0.25) is 9.59 Å². The van der Waals surface area contributed by atoms with Gasteiger partial charge in [0.1, 0.15) is 5.75 Å². The zero-order chi connectivity index (χ0) is 34.5. The number of hydrogen-bond acceptors (Lipinski definition) is 18. The minimum Gasteiger partial charge on any atom is -0.611 e. The molecule has 0 aromatic carbocycles. The van der Waals surface area contributed by atoms with Gasteiger partial charge in [0, 0.05) is 96.4 Å². The van der Waals surface area contributed by atoms with E-state index in [4.69, 9.17) is 10.2 Å². The van der Waals surface area contributed by atoms with Gasteiger partial charge in [-0.2, -0.15) is 23.5 Å². The molecule has 47 heavy (non-hydrogen) atoms. The van der Waals surface area contributed by atoms with Crippen LogP contribution >= 0.6 is 118 Å². The van der Waals surface area contributed by atoms with Gasteiger partial charge in [-0.05, 0) is 11.2 Å². The van der Waals surface area contributed by atoms with E-state index >= 15 is 0 Å². The fraction of sp³-hybridized carbons (Fsp3) is 0.840. The highest BCUT2D eigenvalue weighted by molar-refractivity contribution is 8.29. The number of amides is 2. The van der Waals surface area contributed by atoms with Crippen molar-refractivity contribution in [1.82, 2.24) is 10.6 Å². The second kappa shape index (κ2) is 41.1. The molecule has 0 rings (SSSR count). The zero-order valence-corrected chi connectivity index (χ0v) is 36.1. The van der Waals surface area contributed by atoms with Crippen LogP contribution in [0, 0.1) is 0 Å². The number of aliphatic hydroxyl groups excluding tert-OH is 2. The fourth-order valence-corrected chi connectivity index (χ4v) is 14.0. The van der Waals surface area contributed by atoms with E-state index < -0.39 is 22.4 Å². The Balaban J connectivity index is 3.43. The number of carbonyl (C=O) groups excluding carboxylic acids is 2. The van der Waals surface area contributed by atoms with Crippen molar-refractivity contribution in [2.75, 3.05) is 122 Å². The number of hydrogen-bond donors (Lipinski definition) is 4. The van der Waals surface area contributed by atoms with Crippen molar-refractivity contribution in [2.24, 2.45) is 9.98 Å². The first kappa shape index (κ1) is 49.3. The van der Waals surface area contributed by atoms with Crippen molar-refractivity contribution in [3.05, 3.63) is 0 Å². The summed E-state index contributed by atoms with van der Waals surface area (Å²) in [5.74, 6) is 7.78. The van der Waals surface area contributed by atoms with E-state index in [1.165, 1.54) is 34.6 Å². The molecule has 0 aliphatic heterocycles. The van der Waals surface area contributed by atoms with Gasteiger partial charge in [0.15, 0.2) is 5.08 Å². The van der Waals surface area contributed by atoms with E-state index in [0.717, 1.165) is 55.5 Å². The van der Waals surface area contributed by atoms with Crippen molar-refractivity contribution in [1.29, 1.82) is 0 Å². The molecule has 0 spiro atoms. The van der Waals surface area contributed by atoms with Crippen molar-refractivity contribution in [2.45, 2.75) is 0 Å². The minimum absolute atomic E-state index is 0.00527. The molecule has 22 heteroatoms. The molecule has 0 radical (unpaired) electrons. The van der Waals surface area contributed by atoms with Gasteiger partial charge in [0.2, 0.25) is 11.1 Å². The summed E-state index contributed by atoms with van der Waals surface area (Å²) in [5.41, 5.74) is 3.05. The average molecular weight is 885 g/mol. The summed E-state index contributed by atoms with van der Waals surface area (Å²) in [4.78, 5) is 32.1. The number of thioether (sulfide) groups is 10. The topological polar surface area (TPSA) is 169 Å². The Bertz CT molecular complexity index is 786. The predicted octanol–water partition coefficient (Wildman–Crippen LogP) is 5.06. The van der Waals surface area contributed by atoms with Gasteiger partial charge >= 0.3 is 0 Å². The molecule has 0 aliphatic carbocycles. The standard InChI is InChI=1S/C25H48N4O6S12/c30-5-11-36-13-14-44-24(32)28-3-9-40-20-39-8-2-27-18-47(35)23-43-21-42-22-45-25(33)29-4-10-41-19-38-7-1-26-17-46(34)16-15-37-12-6-31/h17-18,30-31H,1-16,19-23H2,(H,28,32)(H,29,33)/b26-17-,27-18-. The monoisotopic (exact) mass is 884 g/mol. The Hall–Kier alpha value is 2.32. The number of aliphatic imine (C=N–C) groups is 2. The molecule has 4 N–H and O–H groups in total. The lowest BCUT2D eigenvalue weighted by Crippen LogP contribution is -2.22. The molecule has 0 heterocycles. The van der Waals surface area contributed by atoms with Crippen molar-refractivity contribution < 1.29 is 28.9 Å². The van der Waals surface area contributed by atoms with Crippen molar-refractivity contribution >= 4 is 162 Å². The average Bonchev–Trinajstić information content (AvgIpc) is 3.06. The Labute approximate surface area is 330 Å². The maximum atomic E-state index is 12.1. The van der Waals surface area contributed by atoms with Crippen molar-refractivity contribution in [3.8, 4) is 0 Å². The molecule has 0 saturated carbocycles. The Morgan fingerprint density at radius 2 is 1.11 bits per heavy atom. The Kier molecular flexibility index (Phi) is 43.1. The van der Waals surface area contributed by atoms with E-state index in [1.807, 2.05) is 0 Å². The normalized spacial score (nSPS) is 13.0. The Morgan fingerprint density at radius 1 is 0.574 bits per heavy atom. The van der Waals surface area contributed by atoms with Crippen LogP contribution in [-0.4, -0.2) is 163 Å². The lowest BCUT2D eigenvalue weighted by Gasteiger charge is -2.06. The highest BCUT2D eigenvalue weighted by Gasteiger charge is 2.06. The molecule has 276 valence electrons. The molecular formula is C25H48N4O6S12. The minimum atomic E-state index is -1.10. The summed E-state index contributed by atoms with van der Waals surface area (Å²) in [6, 6.07) is 0. The van der Waals surface area contributed by atoms with Crippen molar-refractivity contribution in [3.63, 3.8) is 0 Å². The van der Waals surface area contributed by atoms with Gasteiger partial charge in [-0.1, -0.05) is 35.3 Å². The molecule has 0 aromatic rings. The van der Waals surface area contributed by atoms with Crippen LogP contribution in [0.4, 0.5) is 9.59 Å². The summed E-state index contributed by atoms with van der Waals surface area (Å²) >= 11 is 13.9. The van der Waals surface area contributed by atoms with E-state index in [1.54, 1.807) is 94.1 Å². The second-order valence-electron chi connectivity index (χ2n) is 8.21. The number of carbonyl (C=O) groups is 2. The first-order valence-electron chi connectivity index (χ1n) is 14.4. The van der Waals surface area contributed by atoms with Crippen LogP contribution in [-0.2, 0) is 22.4 Å². The van der Waals surface area contributed by atoms with Crippen LogP contribution in [0.1, 0.15) is 0 Å². The first-order valence-corrected chi connectivity index (χ1v) is 28.4. The van der Waals surface area contributed by atoms with Gasteiger partial charge < -0.3 is 30.0 Å². The molecule has 2 atom stereocenters. The molecule has 2 unspecified atom stereocenters. The SMILES string of the molecule is O=C(NCCSCSCC/N=C\[S+]([O-])CSCSCSC(=O)NCCSCSCC/N=C\[S+]([O-])CCSCCO)SCCSCCO. The lowest BCUT2D eigenvalue weighted by molar-refractivity contribution is 0.260. The summed E-state index contributed by atoms with van der Waals surface area (Å²) in [6.07, 6.45) is 0. The molecule has 0 bridgehead atoms. The lowest BCUT2D eigenvalue weighted by atomic mass is 10.8. The quantitative estimate of drug-likeness (QED) is 0.0222. The maximum absolute atomic E-state index is 12.1. The third-order valence-electron chi connectivity index (χ3n) is 4.48. The van der Waals surface area contributed by atoms with Crippen LogP contribution in [0.15, 0.2) is 9.98 Å². The molecule has 10 nitrogen and oxygen atoms in total. The predicted molar refractivity (Wildman–Crippen MR) is 233 cm³/mol. The summed E-state index contributed by atoms with van der Waals surface area (Å²) in [5, 5.41) is 27.0. The molecule has 2 amide bonds. The smallest absolute Gasteiger partial charge is 0.279 e. The molecule has 0 aliphatic rings. The first-order chi connectivity index (χ1) is 23.0. The second-order valence-corrected chi connectivity index (χ2v) is 23.5. The molecule has 0 saturated heterocycles. The van der Waals surface area contributed by atoms with Crippen LogP contribution in [0.3, 0.4) is 0 Å². The van der Waals surface area contributed by atoms with Crippen LogP contribution in [0.2, 0.25) is 0 Å². The van der Waals surface area contributed by atoms with E-state index in [2.05, 4.69) is 20.6 Å². The number of rotatable bonds is 34. The summed E-state index contributed by atoms with van der Waals surface area (Å²) < 4.78 is 23.8. The Morgan fingerprint density at radius 3 is 1.72 bits per heavy atom. The fourth-order valence-electron chi connectivity index (χ4n) is 2.47. The van der Waals surface area contributed by atoms with Gasteiger partial charge in [0.25, 0.3) is 10.5 Å². The van der Waals surface area contributed by atoms with Crippen LogP contribution < -0.4 is 10.6 Å². The molecule has 0 aromatic heterocycles. The third-order valence-corrected chi connectivity index (χ3v) is 18.2. The van der Waals surface area contributed by atoms with Crippen LogP contribution in [0.25, 0.3) is 0 Å². The van der Waals surface area contributed by atoms with Gasteiger partial charge in [0.05, 0.1) is 26.3 Å². The number of nitrogens with zero attached hydrogens (tertiary/aromatic N) is 2. The van der Waals surface area contributed by atoms with Crippen LogP contribution in [0.5, 0.6) is 0 Å². The molecule has 0 fully saturated rings. The third kappa shape index (κ3) is 40.9. The molecular weight excluding hydrogens is 837 g/mol. The number of aliphatic hydroxyl groups is 2. The summed E-state index contributed by atoms with van der Waals surface area (Å²) in [7, 11) is 0. The van der Waals surface area contributed by atoms with E-state index in [-0.39, 0.29) is 23.7 Å². The highest BCUT2D eigenvalue weighted by atomic mass is 32.3. The highest BCUT2D eigenvalue weighted by Crippen LogP contribution is 2.19. The van der Waals surface area contributed by atoms with Gasteiger partial charge in [-0.25, -0.2) is 9.98 Å². The zero-order valence-electron chi connectivity index (χ0n) is 26.3.